The van der Waals surface area contributed by atoms with Crippen LogP contribution in [0.5, 0.6) is 0 Å². The van der Waals surface area contributed by atoms with Gasteiger partial charge in [0.05, 0.1) is 30.5 Å². The molecule has 4 aliphatic rings. The number of carbonyl (C=O) groups is 1. The quantitative estimate of drug-likeness (QED) is 0.554. The summed E-state index contributed by atoms with van der Waals surface area (Å²) in [5, 5.41) is 20.8. The third-order valence-electron chi connectivity index (χ3n) is 8.44. The second-order valence-electron chi connectivity index (χ2n) is 9.99. The third-order valence-corrected chi connectivity index (χ3v) is 8.44. The minimum atomic E-state index is -0.505. The van der Waals surface area contributed by atoms with Gasteiger partial charge in [-0.05, 0) is 62.0 Å². The zero-order valence-corrected chi connectivity index (χ0v) is 18.0. The first-order valence-corrected chi connectivity index (χ1v) is 10.9. The van der Waals surface area contributed by atoms with Crippen molar-refractivity contribution >= 4 is 5.97 Å². The maximum absolute atomic E-state index is 12.3. The first kappa shape index (κ1) is 20.8. The van der Waals surface area contributed by atoms with E-state index in [4.69, 9.17) is 9.47 Å². The summed E-state index contributed by atoms with van der Waals surface area (Å²) >= 11 is 0. The molecule has 160 valence electrons. The SMILES string of the molecule is CC/C(C)=C1C=C(/C=C/[C@@H]2[C@]3(CC[C@@H]4[C@](C)(CO)[C@H](O)CC[C@]42C)CO3)C(=O)O/1. The molecular weight excluding hydrogens is 368 g/mol. The minimum Gasteiger partial charge on any atom is -0.423 e. The topological polar surface area (TPSA) is 79.3 Å². The zero-order valence-electron chi connectivity index (χ0n) is 18.0. The van der Waals surface area contributed by atoms with Crippen LogP contribution in [-0.2, 0) is 14.3 Å². The van der Waals surface area contributed by atoms with Gasteiger partial charge >= 0.3 is 5.97 Å². The summed E-state index contributed by atoms with van der Waals surface area (Å²) in [6.07, 6.45) is 9.68. The molecule has 3 fully saturated rings. The average Bonchev–Trinajstić information content (AvgIpc) is 3.38. The highest BCUT2D eigenvalue weighted by atomic mass is 16.6. The van der Waals surface area contributed by atoms with E-state index in [1.807, 2.05) is 32.9 Å². The van der Waals surface area contributed by atoms with Gasteiger partial charge in [0.15, 0.2) is 0 Å². The van der Waals surface area contributed by atoms with Crippen LogP contribution in [0.2, 0.25) is 0 Å². The van der Waals surface area contributed by atoms with Crippen LogP contribution in [0.4, 0.5) is 0 Å². The first-order chi connectivity index (χ1) is 13.7. The molecule has 2 saturated carbocycles. The van der Waals surface area contributed by atoms with E-state index in [0.717, 1.165) is 37.9 Å². The highest BCUT2D eigenvalue weighted by Gasteiger charge is 2.66. The summed E-state index contributed by atoms with van der Waals surface area (Å²) in [5.74, 6) is 0.708. The van der Waals surface area contributed by atoms with Crippen LogP contribution in [0, 0.1) is 22.7 Å². The Morgan fingerprint density at radius 1 is 1.31 bits per heavy atom. The van der Waals surface area contributed by atoms with Gasteiger partial charge in [-0.1, -0.05) is 32.9 Å². The van der Waals surface area contributed by atoms with E-state index < -0.39 is 11.5 Å². The van der Waals surface area contributed by atoms with Crippen LogP contribution in [0.3, 0.4) is 0 Å². The van der Waals surface area contributed by atoms with Gasteiger partial charge < -0.3 is 19.7 Å². The number of fused-ring (bicyclic) bond motifs is 1. The molecule has 0 bridgehead atoms. The number of allylic oxidation sites excluding steroid dienone is 2. The lowest BCUT2D eigenvalue weighted by Gasteiger charge is -2.60. The van der Waals surface area contributed by atoms with Crippen molar-refractivity contribution < 1.29 is 24.5 Å². The molecule has 0 aromatic carbocycles. The number of ether oxygens (including phenoxy) is 2. The molecule has 5 nitrogen and oxygen atoms in total. The summed E-state index contributed by atoms with van der Waals surface area (Å²) in [7, 11) is 0. The van der Waals surface area contributed by atoms with Gasteiger partial charge in [-0.25, -0.2) is 4.79 Å². The Morgan fingerprint density at radius 3 is 2.66 bits per heavy atom. The largest absolute Gasteiger partial charge is 0.423 e. The molecule has 2 aliphatic heterocycles. The standard InChI is InChI=1S/C24H34O5/c1-5-15(2)17-12-16(21(27)29-17)6-7-19-22(3)10-9-20(26)23(4,13-25)18(22)8-11-24(19)14-28-24/h6-7,12,18-20,25-26H,5,8-11,13-14H2,1-4H3/b7-6+,17-15-/t18-,19-,20+,22+,23-,24-/m0/s1. The first-order valence-electron chi connectivity index (χ1n) is 10.9. The molecule has 0 unspecified atom stereocenters. The van der Waals surface area contributed by atoms with E-state index in [9.17, 15) is 15.0 Å². The van der Waals surface area contributed by atoms with Crippen molar-refractivity contribution in [2.45, 2.75) is 71.5 Å². The van der Waals surface area contributed by atoms with Gasteiger partial charge in [0, 0.05) is 11.3 Å². The average molecular weight is 403 g/mol. The minimum absolute atomic E-state index is 0.0133. The molecule has 2 heterocycles. The van der Waals surface area contributed by atoms with Gasteiger partial charge in [-0.2, -0.15) is 0 Å². The number of esters is 1. The van der Waals surface area contributed by atoms with E-state index in [2.05, 4.69) is 13.0 Å². The third kappa shape index (κ3) is 3.13. The van der Waals surface area contributed by atoms with Crippen molar-refractivity contribution in [3.8, 4) is 0 Å². The lowest BCUT2D eigenvalue weighted by molar-refractivity contribution is -0.167. The van der Waals surface area contributed by atoms with E-state index >= 15 is 0 Å². The van der Waals surface area contributed by atoms with E-state index in [0.29, 0.717) is 17.8 Å². The molecule has 1 spiro atoms. The molecule has 1 saturated heterocycles. The fraction of sp³-hybridized carbons (Fsp3) is 0.708. The van der Waals surface area contributed by atoms with Gasteiger partial charge in [0.2, 0.25) is 0 Å². The van der Waals surface area contributed by atoms with Crippen LogP contribution in [0.1, 0.15) is 59.8 Å². The Labute approximate surface area is 173 Å². The van der Waals surface area contributed by atoms with Gasteiger partial charge in [0.1, 0.15) is 5.76 Å². The van der Waals surface area contributed by atoms with Crippen LogP contribution in [-0.4, -0.2) is 41.1 Å². The van der Waals surface area contributed by atoms with Gasteiger partial charge in [-0.15, -0.1) is 0 Å². The lowest BCUT2D eigenvalue weighted by Crippen LogP contribution is -2.60. The maximum atomic E-state index is 12.3. The van der Waals surface area contributed by atoms with E-state index in [-0.39, 0.29) is 35.4 Å². The van der Waals surface area contributed by atoms with Gasteiger partial charge in [0.25, 0.3) is 0 Å². The van der Waals surface area contributed by atoms with E-state index in [1.54, 1.807) is 0 Å². The molecule has 5 heteroatoms. The Kier molecular flexibility index (Phi) is 5.08. The molecule has 0 amide bonds. The summed E-state index contributed by atoms with van der Waals surface area (Å²) < 4.78 is 11.4. The second kappa shape index (κ2) is 7.07. The number of aliphatic hydroxyl groups excluding tert-OH is 2. The molecule has 2 aliphatic carbocycles. The van der Waals surface area contributed by atoms with Gasteiger partial charge in [-0.3, -0.25) is 0 Å². The summed E-state index contributed by atoms with van der Waals surface area (Å²) in [5.41, 5.74) is 0.878. The normalized spacial score (nSPS) is 45.9. The molecule has 29 heavy (non-hydrogen) atoms. The number of epoxide rings is 1. The Bertz CT molecular complexity index is 789. The number of hydrogen-bond acceptors (Lipinski definition) is 5. The predicted octanol–water partition coefficient (Wildman–Crippen LogP) is 3.66. The predicted molar refractivity (Wildman–Crippen MR) is 110 cm³/mol. The summed E-state index contributed by atoms with van der Waals surface area (Å²) in [4.78, 5) is 12.3. The van der Waals surface area contributed by atoms with Crippen molar-refractivity contribution in [1.82, 2.24) is 0 Å². The Hall–Kier alpha value is -1.43. The highest BCUT2D eigenvalue weighted by Crippen LogP contribution is 2.65. The molecule has 4 rings (SSSR count). The summed E-state index contributed by atoms with van der Waals surface area (Å²) in [6.45, 7) is 9.06. The highest BCUT2D eigenvalue weighted by molar-refractivity contribution is 5.95. The van der Waals surface area contributed by atoms with Crippen LogP contribution < -0.4 is 0 Å². The molecule has 0 aromatic rings. The molecule has 6 atom stereocenters. The molecule has 0 aromatic heterocycles. The Balaban J connectivity index is 1.67. The van der Waals surface area contributed by atoms with Crippen LogP contribution >= 0.6 is 0 Å². The number of carbonyl (C=O) groups excluding carboxylic acids is 1. The molecule has 0 radical (unpaired) electrons. The number of cyclic esters (lactones) is 1. The van der Waals surface area contributed by atoms with Crippen molar-refractivity contribution in [3.63, 3.8) is 0 Å². The maximum Gasteiger partial charge on any atom is 0.343 e. The Morgan fingerprint density at radius 2 is 2.03 bits per heavy atom. The van der Waals surface area contributed by atoms with Crippen molar-refractivity contribution in [2.24, 2.45) is 22.7 Å². The lowest BCUT2D eigenvalue weighted by atomic mass is 9.45. The van der Waals surface area contributed by atoms with Crippen LogP contribution in [0.25, 0.3) is 0 Å². The fourth-order valence-corrected chi connectivity index (χ4v) is 6.23. The molecular formula is C24H34O5. The van der Waals surface area contributed by atoms with Crippen LogP contribution in [0.15, 0.2) is 35.1 Å². The number of aliphatic hydroxyl groups is 2. The number of rotatable bonds is 4. The number of hydrogen-bond donors (Lipinski definition) is 2. The summed E-state index contributed by atoms with van der Waals surface area (Å²) in [6, 6.07) is 0. The zero-order chi connectivity index (χ0) is 21.0. The smallest absolute Gasteiger partial charge is 0.343 e. The second-order valence-corrected chi connectivity index (χ2v) is 9.99. The van der Waals surface area contributed by atoms with Crippen molar-refractivity contribution in [3.05, 3.63) is 35.1 Å². The van der Waals surface area contributed by atoms with Crippen molar-refractivity contribution in [2.75, 3.05) is 13.2 Å². The van der Waals surface area contributed by atoms with E-state index in [1.165, 1.54) is 0 Å². The fourth-order valence-electron chi connectivity index (χ4n) is 6.23. The molecule has 2 N–H and O–H groups in total. The van der Waals surface area contributed by atoms with Crippen molar-refractivity contribution in [1.29, 1.82) is 0 Å². The monoisotopic (exact) mass is 402 g/mol.